The van der Waals surface area contributed by atoms with Gasteiger partial charge in [0.2, 0.25) is 0 Å². The first-order valence-electron chi connectivity index (χ1n) is 4.97. The molecular formula is C11H17N. The van der Waals surface area contributed by atoms with Crippen molar-refractivity contribution in [3.8, 4) is 6.07 Å². The van der Waals surface area contributed by atoms with Gasteiger partial charge in [0, 0.05) is 6.42 Å². The second-order valence-electron chi connectivity index (χ2n) is 5.26. The van der Waals surface area contributed by atoms with Crippen LogP contribution in [0.5, 0.6) is 0 Å². The predicted molar refractivity (Wildman–Crippen MR) is 48.4 cm³/mol. The molecule has 12 heavy (non-hydrogen) atoms. The van der Waals surface area contributed by atoms with E-state index >= 15 is 0 Å². The maximum atomic E-state index is 8.64. The van der Waals surface area contributed by atoms with Gasteiger partial charge < -0.3 is 0 Å². The smallest absolute Gasteiger partial charge is 0.0624 e. The molecular weight excluding hydrogens is 146 g/mol. The Bertz CT molecular complexity index is 222. The standard InChI is InChI=1S/C11H17N/c1-10-4-5-11(10,2)8-9(7-10)3-6-12/h9H,3-5,7-8H2,1-2H3/t9?,10-,11+. The molecule has 66 valence electrons. The Morgan fingerprint density at radius 2 is 1.75 bits per heavy atom. The van der Waals surface area contributed by atoms with E-state index in [1.807, 2.05) is 0 Å². The lowest BCUT2D eigenvalue weighted by Gasteiger charge is -2.52. The van der Waals surface area contributed by atoms with E-state index in [-0.39, 0.29) is 0 Å². The molecule has 2 saturated carbocycles. The second kappa shape index (κ2) is 2.25. The molecule has 0 saturated heterocycles. The Labute approximate surface area is 74.8 Å². The van der Waals surface area contributed by atoms with Gasteiger partial charge in [-0.1, -0.05) is 13.8 Å². The van der Waals surface area contributed by atoms with Crippen molar-refractivity contribution in [3.63, 3.8) is 0 Å². The van der Waals surface area contributed by atoms with Crippen LogP contribution < -0.4 is 0 Å². The maximum Gasteiger partial charge on any atom is 0.0624 e. The summed E-state index contributed by atoms with van der Waals surface area (Å²) in [6, 6.07) is 2.31. The van der Waals surface area contributed by atoms with Gasteiger partial charge in [-0.25, -0.2) is 0 Å². The van der Waals surface area contributed by atoms with Gasteiger partial charge in [-0.3, -0.25) is 0 Å². The van der Waals surface area contributed by atoms with Crippen LogP contribution in [0, 0.1) is 28.1 Å². The molecule has 0 heterocycles. The Kier molecular flexibility index (Phi) is 1.52. The molecule has 2 aliphatic rings. The van der Waals surface area contributed by atoms with E-state index in [1.165, 1.54) is 25.7 Å². The third-order valence-electron chi connectivity index (χ3n) is 4.54. The molecule has 1 nitrogen and oxygen atoms in total. The van der Waals surface area contributed by atoms with Crippen LogP contribution in [0.4, 0.5) is 0 Å². The minimum Gasteiger partial charge on any atom is -0.198 e. The highest BCUT2D eigenvalue weighted by molar-refractivity contribution is 5.09. The molecule has 0 aromatic carbocycles. The van der Waals surface area contributed by atoms with Crippen LogP contribution in [-0.2, 0) is 0 Å². The third-order valence-corrected chi connectivity index (χ3v) is 4.54. The monoisotopic (exact) mass is 163 g/mol. The van der Waals surface area contributed by atoms with Crippen molar-refractivity contribution in [2.75, 3.05) is 0 Å². The van der Waals surface area contributed by atoms with E-state index in [2.05, 4.69) is 19.9 Å². The zero-order valence-corrected chi connectivity index (χ0v) is 8.06. The summed E-state index contributed by atoms with van der Waals surface area (Å²) >= 11 is 0. The van der Waals surface area contributed by atoms with Crippen molar-refractivity contribution >= 4 is 0 Å². The van der Waals surface area contributed by atoms with Crippen molar-refractivity contribution in [2.45, 2.75) is 46.0 Å². The topological polar surface area (TPSA) is 23.8 Å². The molecule has 0 radical (unpaired) electrons. The lowest BCUT2D eigenvalue weighted by Crippen LogP contribution is -2.42. The molecule has 0 spiro atoms. The summed E-state index contributed by atoms with van der Waals surface area (Å²) in [7, 11) is 0. The third kappa shape index (κ3) is 0.843. The molecule has 1 unspecified atom stereocenters. The average Bonchev–Trinajstić information content (AvgIpc) is 2.15. The number of hydrogen-bond donors (Lipinski definition) is 0. The first-order valence-corrected chi connectivity index (χ1v) is 4.97. The van der Waals surface area contributed by atoms with Crippen LogP contribution in [0.1, 0.15) is 46.0 Å². The number of nitrogens with zero attached hydrogens (tertiary/aromatic N) is 1. The first kappa shape index (κ1) is 8.10. The van der Waals surface area contributed by atoms with Gasteiger partial charge in [0.15, 0.2) is 0 Å². The zero-order chi connectivity index (χ0) is 8.82. The fourth-order valence-corrected chi connectivity index (χ4v) is 3.30. The lowest BCUT2D eigenvalue weighted by molar-refractivity contribution is -0.0164. The van der Waals surface area contributed by atoms with Crippen LogP contribution in [0.3, 0.4) is 0 Å². The van der Waals surface area contributed by atoms with Crippen LogP contribution >= 0.6 is 0 Å². The first-order chi connectivity index (χ1) is 5.60. The molecule has 2 rings (SSSR count). The SMILES string of the molecule is C[C@@]12CC[C@]1(C)CC(CC#N)C2. The molecule has 0 bridgehead atoms. The Morgan fingerprint density at radius 1 is 1.25 bits per heavy atom. The van der Waals surface area contributed by atoms with Crippen molar-refractivity contribution in [1.82, 2.24) is 0 Å². The van der Waals surface area contributed by atoms with Gasteiger partial charge in [0.1, 0.15) is 0 Å². The molecule has 0 aromatic rings. The van der Waals surface area contributed by atoms with E-state index in [1.54, 1.807) is 0 Å². The van der Waals surface area contributed by atoms with E-state index in [9.17, 15) is 0 Å². The van der Waals surface area contributed by atoms with Crippen molar-refractivity contribution in [3.05, 3.63) is 0 Å². The van der Waals surface area contributed by atoms with Crippen LogP contribution in [0.15, 0.2) is 0 Å². The van der Waals surface area contributed by atoms with Crippen molar-refractivity contribution in [1.29, 1.82) is 5.26 Å². The summed E-state index contributed by atoms with van der Waals surface area (Å²) in [5.74, 6) is 0.701. The summed E-state index contributed by atoms with van der Waals surface area (Å²) in [6.45, 7) is 4.82. The van der Waals surface area contributed by atoms with Gasteiger partial charge >= 0.3 is 0 Å². The Balaban J connectivity index is 2.09. The molecule has 2 fully saturated rings. The van der Waals surface area contributed by atoms with Crippen LogP contribution in [-0.4, -0.2) is 0 Å². The highest BCUT2D eigenvalue weighted by atomic mass is 14.6. The molecule has 0 N–H and O–H groups in total. The maximum absolute atomic E-state index is 8.64. The van der Waals surface area contributed by atoms with Crippen molar-refractivity contribution < 1.29 is 0 Å². The van der Waals surface area contributed by atoms with E-state index < -0.39 is 0 Å². The highest BCUT2D eigenvalue weighted by Crippen LogP contribution is 2.68. The highest BCUT2D eigenvalue weighted by Gasteiger charge is 2.58. The summed E-state index contributed by atoms with van der Waals surface area (Å²) in [4.78, 5) is 0. The van der Waals surface area contributed by atoms with Gasteiger partial charge in [0.05, 0.1) is 6.07 Å². The minimum atomic E-state index is 0.592. The summed E-state index contributed by atoms with van der Waals surface area (Å²) in [6.07, 6.45) is 6.18. The number of hydrogen-bond acceptors (Lipinski definition) is 1. The molecule has 2 aliphatic carbocycles. The van der Waals surface area contributed by atoms with Crippen molar-refractivity contribution in [2.24, 2.45) is 16.7 Å². The molecule has 0 aliphatic heterocycles. The summed E-state index contributed by atoms with van der Waals surface area (Å²) < 4.78 is 0. The fourth-order valence-electron chi connectivity index (χ4n) is 3.30. The van der Waals surface area contributed by atoms with E-state index in [0.717, 1.165) is 6.42 Å². The van der Waals surface area contributed by atoms with E-state index in [0.29, 0.717) is 16.7 Å². The van der Waals surface area contributed by atoms with Gasteiger partial charge in [-0.05, 0) is 42.4 Å². The van der Waals surface area contributed by atoms with Gasteiger partial charge in [0.25, 0.3) is 0 Å². The molecule has 0 aromatic heterocycles. The quantitative estimate of drug-likeness (QED) is 0.582. The molecule has 0 amide bonds. The van der Waals surface area contributed by atoms with Crippen LogP contribution in [0.2, 0.25) is 0 Å². The largest absolute Gasteiger partial charge is 0.198 e. The second-order valence-corrected chi connectivity index (χ2v) is 5.26. The predicted octanol–water partition coefficient (Wildman–Crippen LogP) is 3.12. The fraction of sp³-hybridized carbons (Fsp3) is 0.909. The van der Waals surface area contributed by atoms with Gasteiger partial charge in [-0.15, -0.1) is 0 Å². The summed E-state index contributed by atoms with van der Waals surface area (Å²) in [5.41, 5.74) is 1.18. The number of nitriles is 1. The number of rotatable bonds is 1. The van der Waals surface area contributed by atoms with Gasteiger partial charge in [-0.2, -0.15) is 5.26 Å². The summed E-state index contributed by atoms with van der Waals surface area (Å²) in [5, 5.41) is 8.64. The minimum absolute atomic E-state index is 0.592. The van der Waals surface area contributed by atoms with E-state index in [4.69, 9.17) is 5.26 Å². The lowest BCUT2D eigenvalue weighted by atomic mass is 9.53. The average molecular weight is 163 g/mol. The normalized spacial score (nSPS) is 50.9. The Morgan fingerprint density at radius 3 is 2.08 bits per heavy atom. The zero-order valence-electron chi connectivity index (χ0n) is 8.06. The molecule has 3 atom stereocenters. The Hall–Kier alpha value is -0.510. The molecule has 1 heteroatoms. The van der Waals surface area contributed by atoms with Crippen LogP contribution in [0.25, 0.3) is 0 Å². The number of fused-ring (bicyclic) bond motifs is 1.